The summed E-state index contributed by atoms with van der Waals surface area (Å²) in [7, 11) is 6.54. The summed E-state index contributed by atoms with van der Waals surface area (Å²) >= 11 is 0. The Hall–Kier alpha value is -4.91. The first-order valence-electron chi connectivity index (χ1n) is 12.6. The predicted octanol–water partition coefficient (Wildman–Crippen LogP) is 3.14. The molecule has 2 amide bonds. The van der Waals surface area contributed by atoms with Crippen LogP contribution >= 0.6 is 0 Å². The minimum absolute atomic E-state index is 0.00628. The highest BCUT2D eigenvalue weighted by atomic mass is 19.2. The Morgan fingerprint density at radius 3 is 2.66 bits per heavy atom. The largest absolute Gasteiger partial charge is 0.495 e. The van der Waals surface area contributed by atoms with Gasteiger partial charge in [0.05, 0.1) is 30.6 Å². The Morgan fingerprint density at radius 1 is 1.22 bits per heavy atom. The monoisotopic (exact) mass is 566 g/mol. The van der Waals surface area contributed by atoms with Gasteiger partial charge in [0.25, 0.3) is 5.91 Å². The van der Waals surface area contributed by atoms with Crippen LogP contribution in [0.15, 0.2) is 53.9 Å². The number of halogens is 2. The maximum Gasteiger partial charge on any atom is 0.256 e. The summed E-state index contributed by atoms with van der Waals surface area (Å²) in [6.07, 6.45) is 2.32. The average molecular weight is 567 g/mol. The number of methoxy groups -OCH3 is 1. The molecule has 41 heavy (non-hydrogen) atoms. The van der Waals surface area contributed by atoms with E-state index in [9.17, 15) is 18.4 Å². The van der Waals surface area contributed by atoms with Crippen molar-refractivity contribution in [3.05, 3.63) is 77.3 Å². The van der Waals surface area contributed by atoms with Crippen LogP contribution in [0.4, 0.5) is 31.7 Å². The van der Waals surface area contributed by atoms with Crippen LogP contribution in [-0.2, 0) is 11.2 Å². The average Bonchev–Trinajstić information content (AvgIpc) is 3.56. The Morgan fingerprint density at radius 2 is 1.98 bits per heavy atom. The van der Waals surface area contributed by atoms with Crippen molar-refractivity contribution in [3.63, 3.8) is 0 Å². The molecule has 1 aromatic heterocycles. The van der Waals surface area contributed by atoms with Crippen molar-refractivity contribution in [1.29, 1.82) is 0 Å². The Labute approximate surface area is 236 Å². The normalized spacial score (nSPS) is 12.8. The number of hydrogen-bond acceptors (Lipinski definition) is 7. The standard InChI is InChI=1S/C28H32F2N8O3/c1-15(34-20-13-21-16(12-22(20)41-5)9-11-38(21)23(39)14-37(3)4)35-27-17(8-10-33-27)26(31)36-19-7-6-18(29)25(30)24(19)28(40)32-2/h6-8,10,12-13,33-35H,1,9,11,14H2,2-5H3,(H2,31,36)(H,32,40). The summed E-state index contributed by atoms with van der Waals surface area (Å²) in [5.74, 6) is -2.12. The highest BCUT2D eigenvalue weighted by Gasteiger charge is 2.27. The Balaban J connectivity index is 1.57. The molecule has 1 aliphatic rings. The minimum atomic E-state index is -1.33. The number of benzene rings is 2. The number of amidine groups is 1. The fourth-order valence-corrected chi connectivity index (χ4v) is 4.49. The second kappa shape index (κ2) is 12.1. The van der Waals surface area contributed by atoms with E-state index >= 15 is 0 Å². The molecular weight excluding hydrogens is 534 g/mol. The molecule has 2 aromatic carbocycles. The molecule has 11 nitrogen and oxygen atoms in total. The van der Waals surface area contributed by atoms with Gasteiger partial charge in [-0.05, 0) is 56.4 Å². The summed E-state index contributed by atoms with van der Waals surface area (Å²) < 4.78 is 33.8. The number of amides is 2. The highest BCUT2D eigenvalue weighted by Crippen LogP contribution is 2.38. The zero-order chi connectivity index (χ0) is 29.8. The van der Waals surface area contributed by atoms with Crippen LogP contribution in [0.5, 0.6) is 5.75 Å². The molecule has 4 rings (SSSR count). The zero-order valence-electron chi connectivity index (χ0n) is 23.2. The topological polar surface area (TPSA) is 140 Å². The second-order valence-corrected chi connectivity index (χ2v) is 9.54. The molecule has 3 aromatic rings. The van der Waals surface area contributed by atoms with E-state index in [1.165, 1.54) is 13.1 Å². The van der Waals surface area contributed by atoms with Crippen molar-refractivity contribution in [1.82, 2.24) is 15.2 Å². The molecule has 216 valence electrons. The van der Waals surface area contributed by atoms with Crippen molar-refractivity contribution >= 4 is 40.5 Å². The number of fused-ring (bicyclic) bond motifs is 1. The first-order valence-corrected chi connectivity index (χ1v) is 12.6. The number of aromatic nitrogens is 1. The number of nitrogens with zero attached hydrogens (tertiary/aromatic N) is 3. The number of carbonyl (C=O) groups excluding carboxylic acids is 2. The van der Waals surface area contributed by atoms with Crippen molar-refractivity contribution in [2.75, 3.05) is 56.9 Å². The molecule has 0 aliphatic carbocycles. The van der Waals surface area contributed by atoms with Crippen molar-refractivity contribution in [2.45, 2.75) is 6.42 Å². The van der Waals surface area contributed by atoms with Gasteiger partial charge in [-0.2, -0.15) is 0 Å². The number of nitrogens with one attached hydrogen (secondary N) is 4. The summed E-state index contributed by atoms with van der Waals surface area (Å²) in [5, 5.41) is 8.51. The first-order chi connectivity index (χ1) is 19.5. The molecule has 0 bridgehead atoms. The molecular formula is C28H32F2N8O3. The van der Waals surface area contributed by atoms with Gasteiger partial charge < -0.3 is 41.2 Å². The Bertz CT molecular complexity index is 1530. The number of ether oxygens (including phenoxy) is 1. The summed E-state index contributed by atoms with van der Waals surface area (Å²) in [4.78, 5) is 35.7. The molecule has 0 radical (unpaired) electrons. The summed E-state index contributed by atoms with van der Waals surface area (Å²) in [6, 6.07) is 7.40. The highest BCUT2D eigenvalue weighted by molar-refractivity contribution is 6.06. The first kappa shape index (κ1) is 29.1. The predicted molar refractivity (Wildman–Crippen MR) is 155 cm³/mol. The van der Waals surface area contributed by atoms with E-state index in [-0.39, 0.29) is 24.0 Å². The fourth-order valence-electron chi connectivity index (χ4n) is 4.49. The maximum atomic E-state index is 14.4. The number of hydrogen-bond donors (Lipinski definition) is 5. The fraction of sp³-hybridized carbons (Fsp3) is 0.250. The lowest BCUT2D eigenvalue weighted by molar-refractivity contribution is -0.119. The lowest BCUT2D eigenvalue weighted by Crippen LogP contribution is -2.36. The third-order valence-corrected chi connectivity index (χ3v) is 6.40. The van der Waals surface area contributed by atoms with Crippen LogP contribution in [0.3, 0.4) is 0 Å². The molecule has 0 spiro atoms. The summed E-state index contributed by atoms with van der Waals surface area (Å²) in [6.45, 7) is 4.90. The van der Waals surface area contributed by atoms with E-state index in [4.69, 9.17) is 10.5 Å². The summed E-state index contributed by atoms with van der Waals surface area (Å²) in [5.41, 5.74) is 8.29. The third-order valence-electron chi connectivity index (χ3n) is 6.40. The molecule has 0 saturated carbocycles. The van der Waals surface area contributed by atoms with E-state index in [1.807, 2.05) is 31.1 Å². The number of H-pyrrole nitrogens is 1. The SMILES string of the molecule is C=C(Nc1cc2c(cc1OC)CCN2C(=O)CN(C)C)Nc1[nH]ccc1C(N)=Nc1ccc(F)c(F)c1C(=O)NC. The number of aliphatic imine (C=N–C) groups is 1. The molecule has 0 saturated heterocycles. The zero-order valence-corrected chi connectivity index (χ0v) is 23.2. The molecule has 0 atom stereocenters. The molecule has 0 unspecified atom stereocenters. The number of carbonyl (C=O) groups is 2. The quantitative estimate of drug-likeness (QED) is 0.188. The van der Waals surface area contributed by atoms with Crippen LogP contribution in [0.1, 0.15) is 21.5 Å². The number of rotatable bonds is 10. The van der Waals surface area contributed by atoms with E-state index in [0.29, 0.717) is 41.6 Å². The molecule has 6 N–H and O–H groups in total. The van der Waals surface area contributed by atoms with Gasteiger partial charge in [0, 0.05) is 25.5 Å². The van der Waals surface area contributed by atoms with Crippen LogP contribution in [0.2, 0.25) is 0 Å². The lowest BCUT2D eigenvalue weighted by Gasteiger charge is -2.22. The maximum absolute atomic E-state index is 14.4. The van der Waals surface area contributed by atoms with Crippen LogP contribution < -0.4 is 31.3 Å². The molecule has 2 heterocycles. The third kappa shape index (κ3) is 6.14. The number of likely N-dealkylation sites (N-methyl/N-ethyl adjacent to an activating group) is 1. The van der Waals surface area contributed by atoms with E-state index in [1.54, 1.807) is 24.3 Å². The number of anilines is 3. The van der Waals surface area contributed by atoms with E-state index in [2.05, 4.69) is 32.5 Å². The smallest absolute Gasteiger partial charge is 0.256 e. The minimum Gasteiger partial charge on any atom is -0.495 e. The molecule has 0 fully saturated rings. The Kier molecular flexibility index (Phi) is 8.57. The lowest BCUT2D eigenvalue weighted by atomic mass is 10.1. The second-order valence-electron chi connectivity index (χ2n) is 9.54. The van der Waals surface area contributed by atoms with Crippen LogP contribution in [-0.4, -0.2) is 68.9 Å². The van der Waals surface area contributed by atoms with Crippen LogP contribution in [0, 0.1) is 11.6 Å². The number of aromatic amines is 1. The van der Waals surface area contributed by atoms with Gasteiger partial charge in [0.2, 0.25) is 5.91 Å². The van der Waals surface area contributed by atoms with Gasteiger partial charge in [0.1, 0.15) is 28.8 Å². The number of nitrogens with two attached hydrogens (primary N) is 1. The van der Waals surface area contributed by atoms with Gasteiger partial charge >= 0.3 is 0 Å². The van der Waals surface area contributed by atoms with E-state index in [0.717, 1.165) is 17.3 Å². The molecule has 1 aliphatic heterocycles. The van der Waals surface area contributed by atoms with Gasteiger partial charge in [-0.15, -0.1) is 0 Å². The van der Waals surface area contributed by atoms with Crippen molar-refractivity contribution < 1.29 is 23.1 Å². The van der Waals surface area contributed by atoms with E-state index < -0.39 is 23.1 Å². The van der Waals surface area contributed by atoms with Crippen LogP contribution in [0.25, 0.3) is 0 Å². The van der Waals surface area contributed by atoms with Gasteiger partial charge in [0.15, 0.2) is 11.6 Å². The van der Waals surface area contributed by atoms with Gasteiger partial charge in [-0.3, -0.25) is 9.59 Å². The van der Waals surface area contributed by atoms with Gasteiger partial charge in [-0.25, -0.2) is 13.8 Å². The van der Waals surface area contributed by atoms with Crippen molar-refractivity contribution in [3.8, 4) is 5.75 Å². The molecule has 13 heteroatoms. The van der Waals surface area contributed by atoms with Crippen molar-refractivity contribution in [2.24, 2.45) is 10.7 Å². The van der Waals surface area contributed by atoms with Gasteiger partial charge in [-0.1, -0.05) is 6.58 Å².